The van der Waals surface area contributed by atoms with E-state index in [9.17, 15) is 9.59 Å². The molecule has 0 bridgehead atoms. The van der Waals surface area contributed by atoms with Crippen LogP contribution in [0.3, 0.4) is 0 Å². The third kappa shape index (κ3) is 2.59. The fourth-order valence-electron chi connectivity index (χ4n) is 1.97. The number of amides is 1. The molecular formula is C12H13NO4S. The highest BCUT2D eigenvalue weighted by Gasteiger charge is 2.33. The molecule has 0 aromatic carbocycles. The molecule has 2 rings (SSSR count). The van der Waals surface area contributed by atoms with Crippen molar-refractivity contribution in [3.8, 4) is 0 Å². The number of thiol groups is 1. The summed E-state index contributed by atoms with van der Waals surface area (Å²) in [5.41, 5.74) is 0.868. The highest BCUT2D eigenvalue weighted by atomic mass is 32.1. The molecule has 18 heavy (non-hydrogen) atoms. The highest BCUT2D eigenvalue weighted by Crippen LogP contribution is 2.21. The molecule has 1 aromatic heterocycles. The van der Waals surface area contributed by atoms with E-state index in [1.165, 1.54) is 4.90 Å². The molecule has 0 saturated heterocycles. The Kier molecular flexibility index (Phi) is 3.76. The molecule has 1 aliphatic heterocycles. The monoisotopic (exact) mass is 267 g/mol. The van der Waals surface area contributed by atoms with Gasteiger partial charge in [-0.3, -0.25) is 4.79 Å². The van der Waals surface area contributed by atoms with Crippen LogP contribution in [0.4, 0.5) is 0 Å². The molecule has 1 N–H and O–H groups in total. The zero-order chi connectivity index (χ0) is 13.1. The Bertz CT molecular complexity index is 480. The average Bonchev–Trinajstić information content (AvgIpc) is 2.97. The summed E-state index contributed by atoms with van der Waals surface area (Å²) in [5, 5.41) is 9.09. The molecule has 0 aliphatic carbocycles. The van der Waals surface area contributed by atoms with E-state index < -0.39 is 12.0 Å². The topological polar surface area (TPSA) is 70.8 Å². The van der Waals surface area contributed by atoms with Gasteiger partial charge in [0, 0.05) is 13.0 Å². The smallest absolute Gasteiger partial charge is 0.330 e. The molecule has 1 amide bonds. The van der Waals surface area contributed by atoms with Crippen molar-refractivity contribution >= 4 is 24.5 Å². The fraction of sp³-hybridized carbons (Fsp3) is 0.333. The minimum atomic E-state index is -1.03. The number of rotatable bonds is 4. The quantitative estimate of drug-likeness (QED) is 0.630. The zero-order valence-corrected chi connectivity index (χ0v) is 10.5. The van der Waals surface area contributed by atoms with Crippen molar-refractivity contribution < 1.29 is 19.1 Å². The summed E-state index contributed by atoms with van der Waals surface area (Å²) in [7, 11) is 0. The third-order valence-electron chi connectivity index (χ3n) is 2.79. The molecule has 96 valence electrons. The molecule has 6 heteroatoms. The maximum atomic E-state index is 11.6. The van der Waals surface area contributed by atoms with Crippen LogP contribution >= 0.6 is 12.6 Å². The van der Waals surface area contributed by atoms with Gasteiger partial charge < -0.3 is 14.4 Å². The van der Waals surface area contributed by atoms with Crippen molar-refractivity contribution in [3.63, 3.8) is 0 Å². The number of nitrogens with zero attached hydrogens (tertiary/aromatic N) is 1. The molecule has 5 nitrogen and oxygen atoms in total. The number of carboxylic acids is 1. The lowest BCUT2D eigenvalue weighted by Crippen LogP contribution is -2.41. The Morgan fingerprint density at radius 1 is 1.56 bits per heavy atom. The Morgan fingerprint density at radius 3 is 2.89 bits per heavy atom. The van der Waals surface area contributed by atoms with Crippen LogP contribution in [0.5, 0.6) is 0 Å². The van der Waals surface area contributed by atoms with Gasteiger partial charge in [0.05, 0.1) is 12.0 Å². The molecule has 0 radical (unpaired) electrons. The van der Waals surface area contributed by atoms with Crippen LogP contribution in [-0.4, -0.2) is 40.2 Å². The number of aliphatic carboxylic acids is 1. The van der Waals surface area contributed by atoms with Crippen LogP contribution in [0.15, 0.2) is 34.5 Å². The largest absolute Gasteiger partial charge is 0.479 e. The van der Waals surface area contributed by atoms with E-state index in [0.717, 1.165) is 11.3 Å². The lowest BCUT2D eigenvalue weighted by molar-refractivity contribution is -0.146. The lowest BCUT2D eigenvalue weighted by atomic mass is 10.1. The number of carbonyl (C=O) groups excluding carboxylic acids is 1. The summed E-state index contributed by atoms with van der Waals surface area (Å²) in [6.45, 7) is 0.317. The minimum Gasteiger partial charge on any atom is -0.479 e. The lowest BCUT2D eigenvalue weighted by Gasteiger charge is -2.20. The van der Waals surface area contributed by atoms with Crippen LogP contribution in [0.1, 0.15) is 5.76 Å². The van der Waals surface area contributed by atoms with E-state index in [-0.39, 0.29) is 11.7 Å². The second-order valence-electron chi connectivity index (χ2n) is 4.04. The van der Waals surface area contributed by atoms with E-state index in [0.29, 0.717) is 13.0 Å². The summed E-state index contributed by atoms with van der Waals surface area (Å²) >= 11 is 3.89. The molecule has 0 fully saturated rings. The predicted octanol–water partition coefficient (Wildman–Crippen LogP) is 0.974. The Labute approximate surface area is 109 Å². The molecule has 1 unspecified atom stereocenters. The maximum absolute atomic E-state index is 11.6. The Balaban J connectivity index is 2.12. The first-order chi connectivity index (χ1) is 8.61. The van der Waals surface area contributed by atoms with E-state index in [1.807, 2.05) is 6.07 Å². The molecule has 0 saturated carbocycles. The Hall–Kier alpha value is -1.69. The van der Waals surface area contributed by atoms with Crippen molar-refractivity contribution in [2.24, 2.45) is 0 Å². The Morgan fingerprint density at radius 2 is 2.33 bits per heavy atom. The number of carbonyl (C=O) groups is 2. The predicted molar refractivity (Wildman–Crippen MR) is 67.5 cm³/mol. The van der Waals surface area contributed by atoms with Crippen molar-refractivity contribution in [1.82, 2.24) is 4.90 Å². The summed E-state index contributed by atoms with van der Waals surface area (Å²) in [6.07, 6.45) is 3.69. The van der Waals surface area contributed by atoms with Crippen molar-refractivity contribution in [1.29, 1.82) is 0 Å². The van der Waals surface area contributed by atoms with Crippen molar-refractivity contribution in [3.05, 3.63) is 35.8 Å². The van der Waals surface area contributed by atoms with E-state index in [4.69, 9.17) is 9.52 Å². The van der Waals surface area contributed by atoms with Gasteiger partial charge in [0.1, 0.15) is 11.8 Å². The number of hydrogen-bond donors (Lipinski definition) is 2. The summed E-state index contributed by atoms with van der Waals surface area (Å²) < 4.78 is 5.21. The second kappa shape index (κ2) is 5.30. The standard InChI is InChI=1S/C12H13NO4S/c14-11(7-18)13-6-8(5-10(13)12(15)16)4-9-2-1-3-17-9/h1-3,5,10,18H,4,6-7H2,(H,15,16). The van der Waals surface area contributed by atoms with Crippen molar-refractivity contribution in [2.75, 3.05) is 12.3 Å². The molecular weight excluding hydrogens is 254 g/mol. The third-order valence-corrected chi connectivity index (χ3v) is 3.06. The van der Waals surface area contributed by atoms with Crippen LogP contribution in [-0.2, 0) is 16.0 Å². The SMILES string of the molecule is O=C(O)C1C=C(Cc2ccco2)CN1C(=O)CS. The van der Waals surface area contributed by atoms with Gasteiger partial charge in [-0.15, -0.1) is 0 Å². The number of hydrogen-bond acceptors (Lipinski definition) is 4. The molecule has 2 heterocycles. The first-order valence-corrected chi connectivity index (χ1v) is 6.10. The van der Waals surface area contributed by atoms with Gasteiger partial charge >= 0.3 is 5.97 Å². The van der Waals surface area contributed by atoms with Crippen LogP contribution in [0, 0.1) is 0 Å². The zero-order valence-electron chi connectivity index (χ0n) is 9.57. The van der Waals surface area contributed by atoms with Crippen LogP contribution < -0.4 is 0 Å². The van der Waals surface area contributed by atoms with Gasteiger partial charge in [0.2, 0.25) is 5.91 Å². The summed E-state index contributed by atoms with van der Waals surface area (Å²) in [5.74, 6) is -0.548. The van der Waals surface area contributed by atoms with E-state index in [1.54, 1.807) is 18.4 Å². The van der Waals surface area contributed by atoms with Gasteiger partial charge in [-0.1, -0.05) is 0 Å². The minimum absolute atomic E-state index is 0.00561. The number of carboxylic acid groups (broad SMARTS) is 1. The fourth-order valence-corrected chi connectivity index (χ4v) is 2.16. The average molecular weight is 267 g/mol. The molecule has 0 spiro atoms. The van der Waals surface area contributed by atoms with Gasteiger partial charge in [-0.25, -0.2) is 4.79 Å². The maximum Gasteiger partial charge on any atom is 0.330 e. The molecule has 1 aliphatic rings. The number of furan rings is 1. The first kappa shape index (κ1) is 12.8. The first-order valence-electron chi connectivity index (χ1n) is 5.47. The summed E-state index contributed by atoms with van der Waals surface area (Å²) in [6, 6.07) is 2.70. The van der Waals surface area contributed by atoms with E-state index >= 15 is 0 Å². The van der Waals surface area contributed by atoms with Crippen molar-refractivity contribution in [2.45, 2.75) is 12.5 Å². The molecule has 1 aromatic rings. The normalized spacial score (nSPS) is 18.8. The van der Waals surface area contributed by atoms with Gasteiger partial charge in [0.25, 0.3) is 0 Å². The van der Waals surface area contributed by atoms with E-state index in [2.05, 4.69) is 12.6 Å². The van der Waals surface area contributed by atoms with Crippen LogP contribution in [0.2, 0.25) is 0 Å². The second-order valence-corrected chi connectivity index (χ2v) is 4.36. The van der Waals surface area contributed by atoms with Gasteiger partial charge in [-0.2, -0.15) is 12.6 Å². The summed E-state index contributed by atoms with van der Waals surface area (Å²) in [4.78, 5) is 24.0. The molecule has 1 atom stereocenters. The van der Waals surface area contributed by atoms with Gasteiger partial charge in [0.15, 0.2) is 0 Å². The van der Waals surface area contributed by atoms with Gasteiger partial charge in [-0.05, 0) is 23.8 Å². The van der Waals surface area contributed by atoms with Crippen LogP contribution in [0.25, 0.3) is 0 Å². The highest BCUT2D eigenvalue weighted by molar-refractivity contribution is 7.81.